The predicted molar refractivity (Wildman–Crippen MR) is 121 cm³/mol. The minimum atomic E-state index is -4.13. The van der Waals surface area contributed by atoms with Gasteiger partial charge in [-0.15, -0.1) is 11.3 Å². The van der Waals surface area contributed by atoms with E-state index in [1.165, 1.54) is 23.5 Å². The van der Waals surface area contributed by atoms with Crippen LogP contribution in [0, 0.1) is 0 Å². The maximum absolute atomic E-state index is 15.7. The maximum atomic E-state index is 15.7. The molecule has 0 aliphatic carbocycles. The van der Waals surface area contributed by atoms with E-state index in [0.29, 0.717) is 22.8 Å². The van der Waals surface area contributed by atoms with Crippen molar-refractivity contribution in [2.75, 3.05) is 13.1 Å². The van der Waals surface area contributed by atoms with Crippen LogP contribution >= 0.6 is 11.3 Å². The molecule has 0 saturated heterocycles. The molecule has 5 heterocycles. The number of hydrogen-bond donors (Lipinski definition) is 1. The number of nitrogens with one attached hydrogen (secondary N) is 1. The minimum absolute atomic E-state index is 0.00603. The average Bonchev–Trinajstić information content (AvgIpc) is 3.56. The molecule has 1 N–H and O–H groups in total. The molecule has 11 heteroatoms. The lowest BCUT2D eigenvalue weighted by Crippen LogP contribution is -2.51. The first-order valence-electron chi connectivity index (χ1n) is 10.5. The van der Waals surface area contributed by atoms with E-state index < -0.39 is 18.8 Å². The Balaban J connectivity index is 1.28. The number of aryl methyl sites for hydroxylation is 1. The van der Waals surface area contributed by atoms with Crippen molar-refractivity contribution in [3.05, 3.63) is 75.9 Å². The van der Waals surface area contributed by atoms with Gasteiger partial charge in [-0.05, 0) is 35.7 Å². The molecule has 0 saturated carbocycles. The second-order valence-corrected chi connectivity index (χ2v) is 8.80. The third-order valence-corrected chi connectivity index (χ3v) is 6.73. The van der Waals surface area contributed by atoms with Crippen LogP contribution in [0.3, 0.4) is 0 Å². The first-order chi connectivity index (χ1) is 15.9. The number of thiophene rings is 1. The van der Waals surface area contributed by atoms with E-state index in [2.05, 4.69) is 5.32 Å². The number of allylic oxidation sites excluding steroid dienone is 2. The summed E-state index contributed by atoms with van der Waals surface area (Å²) < 4.78 is 33.6. The monoisotopic (exact) mass is 468 g/mol. The Morgan fingerprint density at radius 3 is 2.61 bits per heavy atom. The van der Waals surface area contributed by atoms with Crippen LogP contribution in [0.25, 0.3) is 6.08 Å². The molecule has 0 bridgehead atoms. The zero-order valence-electron chi connectivity index (χ0n) is 17.4. The number of amides is 3. The number of halogens is 2. The lowest BCUT2D eigenvalue weighted by atomic mass is 9.90. The van der Waals surface area contributed by atoms with Gasteiger partial charge in [-0.2, -0.15) is 0 Å². The Hall–Kier alpha value is -3.60. The van der Waals surface area contributed by atoms with E-state index in [-0.39, 0.29) is 31.8 Å². The van der Waals surface area contributed by atoms with E-state index in [1.54, 1.807) is 30.4 Å². The second kappa shape index (κ2) is 8.07. The first-order valence-corrected chi connectivity index (χ1v) is 11.4. The summed E-state index contributed by atoms with van der Waals surface area (Å²) in [4.78, 5) is 37.1. The van der Waals surface area contributed by atoms with Crippen molar-refractivity contribution in [2.24, 2.45) is 0 Å². The van der Waals surface area contributed by atoms with Crippen LogP contribution in [-0.4, -0.2) is 57.4 Å². The summed E-state index contributed by atoms with van der Waals surface area (Å²) >= 11 is 1.40. The highest BCUT2D eigenvalue weighted by atomic mass is 32.1. The molecule has 3 aliphatic rings. The molecule has 0 radical (unpaired) electrons. The van der Waals surface area contributed by atoms with Gasteiger partial charge < -0.3 is 22.9 Å². The molecule has 0 aromatic carbocycles. The van der Waals surface area contributed by atoms with Crippen molar-refractivity contribution in [3.8, 4) is 0 Å². The number of hydrogen-bond acceptors (Lipinski definition) is 4. The lowest BCUT2D eigenvalue weighted by molar-refractivity contribution is -0.360. The first kappa shape index (κ1) is 21.3. The van der Waals surface area contributed by atoms with Gasteiger partial charge in [0, 0.05) is 55.6 Å². The van der Waals surface area contributed by atoms with Gasteiger partial charge in [0.15, 0.2) is 11.4 Å². The highest BCUT2D eigenvalue weighted by Crippen LogP contribution is 2.34. The molecule has 2 aromatic heterocycles. The van der Waals surface area contributed by atoms with Crippen LogP contribution < -0.4 is 5.32 Å². The van der Waals surface area contributed by atoms with Crippen LogP contribution in [-0.2, 0) is 20.8 Å². The summed E-state index contributed by atoms with van der Waals surface area (Å²) in [7, 11) is 0. The summed E-state index contributed by atoms with van der Waals surface area (Å²) in [6.45, 7) is -3.96. The molecule has 5 rings (SSSR count). The molecular weight excluding hydrogens is 449 g/mol. The summed E-state index contributed by atoms with van der Waals surface area (Å²) in [6.07, 6.45) is 7.62. The van der Waals surface area contributed by atoms with Crippen molar-refractivity contribution in [1.29, 1.82) is 0 Å². The number of aromatic nitrogens is 1. The molecule has 2 aromatic rings. The topological polar surface area (TPSA) is 74.4 Å². The molecule has 3 aliphatic heterocycles. The van der Waals surface area contributed by atoms with Crippen molar-refractivity contribution < 1.29 is 27.5 Å². The van der Waals surface area contributed by atoms with Crippen LogP contribution in [0.2, 0.25) is 0 Å². The molecule has 3 amide bonds. The number of nitrogens with zero attached hydrogens (tertiary/aromatic N) is 3. The van der Waals surface area contributed by atoms with E-state index in [0.717, 1.165) is 18.7 Å². The molecule has 0 atom stereocenters. The van der Waals surface area contributed by atoms with Crippen molar-refractivity contribution in [3.63, 3.8) is 0 Å². The average molecular weight is 468 g/mol. The third-order valence-electron chi connectivity index (χ3n) is 5.84. The Kier molecular flexibility index (Phi) is 5.20. The van der Waals surface area contributed by atoms with Crippen molar-refractivity contribution in [2.45, 2.75) is 12.8 Å². The molecule has 0 fully saturated rings. The quantitative estimate of drug-likeness (QED) is 0.500. The number of imide groups is 1. The Morgan fingerprint density at radius 2 is 1.88 bits per heavy atom. The van der Waals surface area contributed by atoms with Gasteiger partial charge in [0.05, 0.1) is 4.88 Å². The largest absolute Gasteiger partial charge is 0.737 e. The molecule has 33 heavy (non-hydrogen) atoms. The molecule has 168 valence electrons. The number of carbonyl (C=O) groups is 3. The fourth-order valence-electron chi connectivity index (χ4n) is 4.32. The molecule has 0 spiro atoms. The van der Waals surface area contributed by atoms with E-state index >= 15 is 8.63 Å². The third kappa shape index (κ3) is 3.68. The Bertz CT molecular complexity index is 1270. The molecule has 7 nitrogen and oxygen atoms in total. The SMILES string of the molecule is O=C(CCc1ccc2n1[B-](F)(F)[N+]1=C(c3cccs3)C=CC1=C2)NCCN1C(=O)C=CC1=O. The Labute approximate surface area is 192 Å². The zero-order valence-corrected chi connectivity index (χ0v) is 18.2. The van der Waals surface area contributed by atoms with Crippen LogP contribution in [0.15, 0.2) is 59.6 Å². The van der Waals surface area contributed by atoms with Gasteiger partial charge in [0.25, 0.3) is 11.8 Å². The maximum Gasteiger partial charge on any atom is 0.737 e. The van der Waals surface area contributed by atoms with Crippen LogP contribution in [0.4, 0.5) is 8.63 Å². The number of rotatable bonds is 7. The fourth-order valence-corrected chi connectivity index (χ4v) is 5.07. The van der Waals surface area contributed by atoms with Crippen LogP contribution in [0.1, 0.15) is 22.7 Å². The lowest BCUT2D eigenvalue weighted by Gasteiger charge is -2.30. The van der Waals surface area contributed by atoms with E-state index in [9.17, 15) is 14.4 Å². The smallest absolute Gasteiger partial charge is 0.394 e. The van der Waals surface area contributed by atoms with Gasteiger partial charge in [0.1, 0.15) is 0 Å². The summed E-state index contributed by atoms with van der Waals surface area (Å²) in [5.41, 5.74) is 1.67. The molecule has 0 unspecified atom stereocenters. The second-order valence-electron chi connectivity index (χ2n) is 7.85. The summed E-state index contributed by atoms with van der Waals surface area (Å²) in [5, 5.41) is 4.49. The van der Waals surface area contributed by atoms with Crippen LogP contribution in [0.5, 0.6) is 0 Å². The van der Waals surface area contributed by atoms with E-state index in [1.807, 2.05) is 17.5 Å². The van der Waals surface area contributed by atoms with Crippen molar-refractivity contribution in [1.82, 2.24) is 14.7 Å². The fraction of sp³-hybridized carbons (Fsp3) is 0.182. The highest BCUT2D eigenvalue weighted by Gasteiger charge is 2.52. The standard InChI is InChI=1S/C22H19BF2N4O3S/c24-23(25)28-15(6-8-20(30)26-11-12-27-21(31)9-10-22(27)32)3-4-16(28)14-17-5-7-18(29(17)23)19-2-1-13-33-19/h1-5,7,9-10,13-14H,6,8,11-12H2,(H,26,30). The van der Waals surface area contributed by atoms with E-state index in [4.69, 9.17) is 0 Å². The van der Waals surface area contributed by atoms with Gasteiger partial charge in [-0.25, -0.2) is 0 Å². The zero-order chi connectivity index (χ0) is 23.2. The van der Waals surface area contributed by atoms with Gasteiger partial charge in [-0.1, -0.05) is 6.07 Å². The predicted octanol–water partition coefficient (Wildman–Crippen LogP) is 2.17. The Morgan fingerprint density at radius 1 is 1.09 bits per heavy atom. The van der Waals surface area contributed by atoms with Crippen molar-refractivity contribution >= 4 is 47.8 Å². The number of fused-ring (bicyclic) bond motifs is 2. The molecular formula is C22H19BF2N4O3S. The normalized spacial score (nSPS) is 18.1. The minimum Gasteiger partial charge on any atom is -0.394 e. The van der Waals surface area contributed by atoms with Gasteiger partial charge >= 0.3 is 6.97 Å². The van der Waals surface area contributed by atoms with Gasteiger partial charge in [-0.3, -0.25) is 19.3 Å². The highest BCUT2D eigenvalue weighted by molar-refractivity contribution is 7.12. The van der Waals surface area contributed by atoms with Gasteiger partial charge in [0.2, 0.25) is 5.91 Å². The summed E-state index contributed by atoms with van der Waals surface area (Å²) in [5.74, 6) is -1.17. The number of carbonyl (C=O) groups excluding carboxylic acids is 3. The summed E-state index contributed by atoms with van der Waals surface area (Å²) in [6, 6.07) is 6.91.